The molecule has 1 unspecified atom stereocenters. The smallest absolute Gasteiger partial charge is 0.306 e. The first kappa shape index (κ1) is 43.0. The van der Waals surface area contributed by atoms with Gasteiger partial charge in [0, 0.05) is 37.2 Å². The van der Waals surface area contributed by atoms with Gasteiger partial charge in [0.05, 0.1) is 37.7 Å². The number of nitrogens with one attached hydrogen (secondary N) is 1. The van der Waals surface area contributed by atoms with Crippen LogP contribution in [0.5, 0.6) is 11.5 Å². The number of carbonyl (C=O) groups excluding carboxylic acids is 2. The third kappa shape index (κ3) is 9.05. The van der Waals surface area contributed by atoms with Crippen LogP contribution in [0.15, 0.2) is 109 Å². The minimum absolute atomic E-state index is 0.0281. The SMILES string of the molecule is CNC(=O)CCC(=O)OC1[C@@H](O[Si](C)(C)C(C)(C)C)[C@@H](COC(c2ccccc2)(c2ccc(OC)cc2)c2ccc(OC)cc2)O[C@H]1n1ccc2cc([N+](=O)[O-])ccc21. The molecule has 1 aliphatic rings. The molecule has 0 spiro atoms. The number of carbonyl (C=O) groups is 2. The number of nitrogens with zero attached hydrogens (tertiary/aromatic N) is 2. The number of nitro groups is 1. The van der Waals surface area contributed by atoms with E-state index >= 15 is 0 Å². The molecule has 59 heavy (non-hydrogen) atoms. The molecular formula is C45H53N3O10Si. The Balaban J connectivity index is 1.50. The van der Waals surface area contributed by atoms with Gasteiger partial charge in [-0.05, 0) is 71.2 Å². The lowest BCUT2D eigenvalue weighted by molar-refractivity contribution is -0.384. The predicted octanol–water partition coefficient (Wildman–Crippen LogP) is 8.30. The molecule has 0 aliphatic carbocycles. The van der Waals surface area contributed by atoms with Crippen molar-refractivity contribution in [3.63, 3.8) is 0 Å². The first-order valence-corrected chi connectivity index (χ1v) is 22.5. The second-order valence-electron chi connectivity index (χ2n) is 16.1. The summed E-state index contributed by atoms with van der Waals surface area (Å²) in [4.78, 5) is 37.1. The monoisotopic (exact) mass is 823 g/mol. The molecule has 14 heteroatoms. The largest absolute Gasteiger partial charge is 0.497 e. The minimum Gasteiger partial charge on any atom is -0.497 e. The number of nitro benzene ring substituents is 1. The molecule has 1 aliphatic heterocycles. The fraction of sp³-hybridized carbons (Fsp3) is 0.378. The van der Waals surface area contributed by atoms with Gasteiger partial charge in [0.25, 0.3) is 5.69 Å². The summed E-state index contributed by atoms with van der Waals surface area (Å²) in [5, 5.41) is 14.6. The van der Waals surface area contributed by atoms with E-state index in [0.717, 1.165) is 16.7 Å². The zero-order valence-corrected chi connectivity index (χ0v) is 35.8. The first-order valence-electron chi connectivity index (χ1n) is 19.6. The molecule has 1 N–H and O–H groups in total. The summed E-state index contributed by atoms with van der Waals surface area (Å²) in [5.41, 5.74) is 1.88. The normalized spacial score (nSPS) is 18.4. The summed E-state index contributed by atoms with van der Waals surface area (Å²) >= 11 is 0. The van der Waals surface area contributed by atoms with Crippen LogP contribution in [0.3, 0.4) is 0 Å². The number of ether oxygens (including phenoxy) is 5. The van der Waals surface area contributed by atoms with Crippen LogP contribution in [0.4, 0.5) is 5.69 Å². The average molecular weight is 824 g/mol. The van der Waals surface area contributed by atoms with Crippen molar-refractivity contribution in [1.82, 2.24) is 9.88 Å². The van der Waals surface area contributed by atoms with Gasteiger partial charge in [0.2, 0.25) is 5.91 Å². The van der Waals surface area contributed by atoms with Gasteiger partial charge in [-0.25, -0.2) is 0 Å². The first-order chi connectivity index (χ1) is 28.1. The maximum absolute atomic E-state index is 13.7. The van der Waals surface area contributed by atoms with E-state index in [9.17, 15) is 19.7 Å². The third-order valence-corrected chi connectivity index (χ3v) is 15.9. The van der Waals surface area contributed by atoms with E-state index in [1.54, 1.807) is 32.5 Å². The highest BCUT2D eigenvalue weighted by Gasteiger charge is 2.54. The highest BCUT2D eigenvalue weighted by Crippen LogP contribution is 2.46. The molecule has 2 heterocycles. The van der Waals surface area contributed by atoms with Gasteiger partial charge in [0.15, 0.2) is 20.6 Å². The Labute approximate surface area is 345 Å². The van der Waals surface area contributed by atoms with Crippen LogP contribution in [0.25, 0.3) is 10.9 Å². The van der Waals surface area contributed by atoms with Crippen LogP contribution in [0.2, 0.25) is 18.1 Å². The van der Waals surface area contributed by atoms with Crippen molar-refractivity contribution >= 4 is 36.8 Å². The highest BCUT2D eigenvalue weighted by atomic mass is 28.4. The Bertz CT molecular complexity index is 2190. The lowest BCUT2D eigenvalue weighted by Crippen LogP contribution is -2.51. The van der Waals surface area contributed by atoms with Gasteiger partial charge >= 0.3 is 5.97 Å². The van der Waals surface area contributed by atoms with Crippen molar-refractivity contribution in [2.75, 3.05) is 27.9 Å². The number of aromatic nitrogens is 1. The second-order valence-corrected chi connectivity index (χ2v) is 20.8. The van der Waals surface area contributed by atoms with E-state index in [4.69, 9.17) is 28.1 Å². The zero-order chi connectivity index (χ0) is 42.5. The van der Waals surface area contributed by atoms with Gasteiger partial charge in [-0.15, -0.1) is 0 Å². The second kappa shape index (κ2) is 17.8. The Hall–Kier alpha value is -5.54. The molecular weight excluding hydrogens is 771 g/mol. The van der Waals surface area contributed by atoms with Crippen LogP contribution < -0.4 is 14.8 Å². The van der Waals surface area contributed by atoms with Gasteiger partial charge in [-0.1, -0.05) is 75.4 Å². The molecule has 1 saturated heterocycles. The van der Waals surface area contributed by atoms with E-state index in [2.05, 4.69) is 39.2 Å². The number of hydrogen-bond acceptors (Lipinski definition) is 10. The van der Waals surface area contributed by atoms with Gasteiger partial charge in [-0.2, -0.15) is 0 Å². The van der Waals surface area contributed by atoms with Crippen LogP contribution >= 0.6 is 0 Å². The molecule has 5 aromatic rings. The number of hydrogen-bond donors (Lipinski definition) is 1. The Kier molecular flexibility index (Phi) is 13.0. The summed E-state index contributed by atoms with van der Waals surface area (Å²) in [6.07, 6.45) is -2.04. The lowest BCUT2D eigenvalue weighted by atomic mass is 9.80. The Morgan fingerprint density at radius 2 is 1.42 bits per heavy atom. The number of benzene rings is 4. The topological polar surface area (TPSA) is 150 Å². The molecule has 0 saturated carbocycles. The zero-order valence-electron chi connectivity index (χ0n) is 34.8. The maximum Gasteiger partial charge on any atom is 0.306 e. The minimum atomic E-state index is -2.63. The van der Waals surface area contributed by atoms with Crippen LogP contribution in [-0.2, 0) is 33.8 Å². The quantitative estimate of drug-likeness (QED) is 0.0339. The van der Waals surface area contributed by atoms with Crippen molar-refractivity contribution in [3.05, 3.63) is 136 Å². The lowest BCUT2D eigenvalue weighted by Gasteiger charge is -2.41. The molecule has 312 valence electrons. The van der Waals surface area contributed by atoms with Crippen molar-refractivity contribution in [1.29, 1.82) is 0 Å². The molecule has 0 radical (unpaired) electrons. The molecule has 4 atom stereocenters. The molecule has 0 bridgehead atoms. The van der Waals surface area contributed by atoms with E-state index in [1.165, 1.54) is 19.2 Å². The molecule has 13 nitrogen and oxygen atoms in total. The number of amides is 1. The van der Waals surface area contributed by atoms with E-state index in [1.807, 2.05) is 83.4 Å². The average Bonchev–Trinajstić information content (AvgIpc) is 3.80. The molecule has 1 fully saturated rings. The summed E-state index contributed by atoms with van der Waals surface area (Å²) in [6.45, 7) is 10.6. The van der Waals surface area contributed by atoms with Gasteiger partial charge in [-0.3, -0.25) is 19.7 Å². The van der Waals surface area contributed by atoms with Gasteiger partial charge in [0.1, 0.15) is 29.3 Å². The Morgan fingerprint density at radius 1 is 0.831 bits per heavy atom. The summed E-state index contributed by atoms with van der Waals surface area (Å²) in [6, 6.07) is 31.7. The van der Waals surface area contributed by atoms with E-state index < -0.39 is 49.4 Å². The van der Waals surface area contributed by atoms with Crippen LogP contribution in [-0.4, -0.2) is 75.9 Å². The summed E-state index contributed by atoms with van der Waals surface area (Å²) in [7, 11) is 2.12. The van der Waals surface area contributed by atoms with E-state index in [-0.39, 0.29) is 36.1 Å². The molecule has 4 aromatic carbocycles. The number of methoxy groups -OCH3 is 2. The third-order valence-electron chi connectivity index (χ3n) is 11.5. The van der Waals surface area contributed by atoms with Crippen LogP contribution in [0, 0.1) is 10.1 Å². The van der Waals surface area contributed by atoms with Crippen molar-refractivity contribution < 1.29 is 42.6 Å². The number of fused-ring (bicyclic) bond motifs is 1. The fourth-order valence-electron chi connectivity index (χ4n) is 7.17. The molecule has 1 aromatic heterocycles. The number of esters is 1. The number of rotatable bonds is 16. The van der Waals surface area contributed by atoms with Gasteiger partial charge < -0.3 is 38.0 Å². The van der Waals surface area contributed by atoms with E-state index in [0.29, 0.717) is 22.4 Å². The van der Waals surface area contributed by atoms with Crippen LogP contribution in [0.1, 0.15) is 56.5 Å². The van der Waals surface area contributed by atoms with Crippen molar-refractivity contribution in [2.24, 2.45) is 0 Å². The fourth-order valence-corrected chi connectivity index (χ4v) is 8.49. The predicted molar refractivity (Wildman–Crippen MR) is 226 cm³/mol. The molecule has 1 amide bonds. The highest BCUT2D eigenvalue weighted by molar-refractivity contribution is 6.74. The number of non-ortho nitro benzene ring substituents is 1. The standard InChI is InChI=1S/C45H53N3O10Si/c1-44(2,3)59(7,8)58-41-38(56-43(42(41)57-40(50)25-24-39(49)46-4)47-27-26-30-28-34(48(51)52)18-23-37(30)47)29-55-45(31-12-10-9-11-13-31,32-14-19-35(53-5)20-15-32)33-16-21-36(54-6)22-17-33/h9-23,26-28,38,41-43H,24-25,29H2,1-8H3,(H,46,49)/t38-,41+,42?,43-/m1/s1. The maximum atomic E-state index is 13.7. The summed E-state index contributed by atoms with van der Waals surface area (Å²) < 4.78 is 40.8. The van der Waals surface area contributed by atoms with Crippen molar-refractivity contribution in [3.8, 4) is 11.5 Å². The summed E-state index contributed by atoms with van der Waals surface area (Å²) in [5.74, 6) is 0.467. The Morgan fingerprint density at radius 3 is 1.97 bits per heavy atom. The molecule has 6 rings (SSSR count). The van der Waals surface area contributed by atoms with Crippen molar-refractivity contribution in [2.45, 2.75) is 81.9 Å².